The van der Waals surface area contributed by atoms with Gasteiger partial charge in [-0.05, 0) is 43.0 Å². The van der Waals surface area contributed by atoms with Crippen LogP contribution >= 0.6 is 11.3 Å². The van der Waals surface area contributed by atoms with Crippen molar-refractivity contribution in [1.82, 2.24) is 9.97 Å². The molecule has 0 saturated heterocycles. The predicted octanol–water partition coefficient (Wildman–Crippen LogP) is 3.77. The third-order valence-corrected chi connectivity index (χ3v) is 5.92. The number of nitrogens with zero attached hydrogens (tertiary/aromatic N) is 1. The second-order valence-electron chi connectivity index (χ2n) is 7.31. The van der Waals surface area contributed by atoms with E-state index in [1.165, 1.54) is 0 Å². The zero-order valence-electron chi connectivity index (χ0n) is 16.6. The van der Waals surface area contributed by atoms with Crippen molar-refractivity contribution >= 4 is 21.6 Å². The van der Waals surface area contributed by atoms with Crippen LogP contribution in [0.5, 0.6) is 5.75 Å². The molecule has 3 aromatic rings. The zero-order chi connectivity index (χ0) is 20.5. The van der Waals surface area contributed by atoms with Gasteiger partial charge in [0.2, 0.25) is 0 Å². The van der Waals surface area contributed by atoms with Crippen molar-refractivity contribution in [3.63, 3.8) is 0 Å². The molecule has 0 aliphatic rings. The number of ether oxygens (including phenoxy) is 1. The highest BCUT2D eigenvalue weighted by atomic mass is 32.1. The van der Waals surface area contributed by atoms with Crippen molar-refractivity contribution < 1.29 is 9.84 Å². The summed E-state index contributed by atoms with van der Waals surface area (Å²) >= 11 is 1.13. The van der Waals surface area contributed by atoms with Gasteiger partial charge in [0, 0.05) is 31.0 Å². The Bertz CT molecular complexity index is 939. The molecule has 0 aliphatic heterocycles. The van der Waals surface area contributed by atoms with Crippen LogP contribution in [0.4, 0.5) is 0 Å². The number of pyridine rings is 1. The molecule has 29 heavy (non-hydrogen) atoms. The first-order chi connectivity index (χ1) is 14.1. The summed E-state index contributed by atoms with van der Waals surface area (Å²) in [7, 11) is 0. The first-order valence-corrected chi connectivity index (χ1v) is 11.0. The van der Waals surface area contributed by atoms with Crippen molar-refractivity contribution in [2.24, 2.45) is 5.73 Å². The normalized spacial score (nSPS) is 12.4. The summed E-state index contributed by atoms with van der Waals surface area (Å²) in [5, 5.41) is 9.87. The molecule has 0 saturated carbocycles. The molecule has 0 radical (unpaired) electrons. The molecule has 3 rings (SSSR count). The Labute approximate surface area is 174 Å². The quantitative estimate of drug-likeness (QED) is 0.391. The van der Waals surface area contributed by atoms with Gasteiger partial charge >= 0.3 is 4.87 Å². The summed E-state index contributed by atoms with van der Waals surface area (Å²) in [5.41, 5.74) is 8.91. The van der Waals surface area contributed by atoms with E-state index in [4.69, 9.17) is 10.5 Å². The van der Waals surface area contributed by atoms with E-state index in [-0.39, 0.29) is 16.7 Å². The predicted molar refractivity (Wildman–Crippen MR) is 118 cm³/mol. The SMILES string of the molecule is NC(CCCCCCOCCc1ccccn1)Cc1ccc(O)c2[nH]c(=O)sc12. The number of phenols is 1. The standard InChI is InChI=1S/C22H29N3O3S/c23-17(15-16-9-10-19(26)20-21(16)29-22(27)25-20)7-3-1-2-6-13-28-14-11-18-8-4-5-12-24-18/h4-5,8-10,12,17,26H,1-3,6-7,11,13-15,23H2,(H,25,27). The van der Waals surface area contributed by atoms with Gasteiger partial charge in [0.1, 0.15) is 11.3 Å². The molecule has 0 amide bonds. The van der Waals surface area contributed by atoms with E-state index < -0.39 is 0 Å². The minimum atomic E-state index is -0.154. The van der Waals surface area contributed by atoms with Crippen molar-refractivity contribution in [3.05, 3.63) is 57.5 Å². The van der Waals surface area contributed by atoms with Crippen molar-refractivity contribution in [3.8, 4) is 5.75 Å². The van der Waals surface area contributed by atoms with Crippen LogP contribution in [0, 0.1) is 0 Å². The topological polar surface area (TPSA) is 101 Å². The minimum absolute atomic E-state index is 0.0505. The minimum Gasteiger partial charge on any atom is -0.506 e. The van der Waals surface area contributed by atoms with E-state index in [1.54, 1.807) is 6.07 Å². The summed E-state index contributed by atoms with van der Waals surface area (Å²) in [6.45, 7) is 1.50. The number of hydrogen-bond donors (Lipinski definition) is 3. The number of nitrogens with two attached hydrogens (primary N) is 1. The zero-order valence-corrected chi connectivity index (χ0v) is 17.4. The highest BCUT2D eigenvalue weighted by molar-refractivity contribution is 7.16. The number of phenolic OH excluding ortho intramolecular Hbond substituents is 1. The number of H-pyrrole nitrogens is 1. The maximum Gasteiger partial charge on any atom is 0.305 e. The van der Waals surface area contributed by atoms with Crippen LogP contribution < -0.4 is 10.6 Å². The molecule has 4 N–H and O–H groups in total. The second-order valence-corrected chi connectivity index (χ2v) is 8.30. The molecular formula is C22H29N3O3S. The Kier molecular flexibility index (Phi) is 8.22. The van der Waals surface area contributed by atoms with Gasteiger partial charge in [-0.1, -0.05) is 42.7 Å². The number of aromatic nitrogens is 2. The smallest absolute Gasteiger partial charge is 0.305 e. The van der Waals surface area contributed by atoms with Gasteiger partial charge in [-0.3, -0.25) is 9.78 Å². The van der Waals surface area contributed by atoms with E-state index in [0.717, 1.165) is 72.4 Å². The molecule has 156 valence electrons. The Morgan fingerprint density at radius 1 is 1.14 bits per heavy atom. The third-order valence-electron chi connectivity index (χ3n) is 4.96. The molecule has 2 heterocycles. The molecule has 0 aliphatic carbocycles. The molecule has 1 atom stereocenters. The molecule has 2 aromatic heterocycles. The van der Waals surface area contributed by atoms with E-state index in [0.29, 0.717) is 18.5 Å². The van der Waals surface area contributed by atoms with Gasteiger partial charge in [0.15, 0.2) is 0 Å². The second kappa shape index (κ2) is 11.1. The Hall–Kier alpha value is -2.22. The molecule has 1 unspecified atom stereocenters. The molecule has 6 nitrogen and oxygen atoms in total. The number of rotatable bonds is 12. The fourth-order valence-electron chi connectivity index (χ4n) is 3.41. The summed E-state index contributed by atoms with van der Waals surface area (Å²) in [4.78, 5) is 18.4. The van der Waals surface area contributed by atoms with Crippen LogP contribution in [0.3, 0.4) is 0 Å². The van der Waals surface area contributed by atoms with Crippen LogP contribution in [0.15, 0.2) is 41.3 Å². The summed E-state index contributed by atoms with van der Waals surface area (Å²) in [5.74, 6) is 0.109. The molecule has 0 spiro atoms. The number of aromatic amines is 1. The van der Waals surface area contributed by atoms with Gasteiger partial charge in [0.05, 0.1) is 11.3 Å². The first-order valence-electron chi connectivity index (χ1n) is 10.2. The highest BCUT2D eigenvalue weighted by Crippen LogP contribution is 2.28. The van der Waals surface area contributed by atoms with E-state index in [9.17, 15) is 9.90 Å². The van der Waals surface area contributed by atoms with Gasteiger partial charge in [0.25, 0.3) is 0 Å². The number of nitrogens with one attached hydrogen (secondary N) is 1. The van der Waals surface area contributed by atoms with E-state index >= 15 is 0 Å². The molecule has 0 fully saturated rings. The number of benzene rings is 1. The highest BCUT2D eigenvalue weighted by Gasteiger charge is 2.12. The fourth-order valence-corrected chi connectivity index (χ4v) is 4.29. The maximum atomic E-state index is 11.6. The monoisotopic (exact) mass is 415 g/mol. The molecular weight excluding hydrogens is 386 g/mol. The van der Waals surface area contributed by atoms with E-state index in [1.807, 2.05) is 30.5 Å². The molecule has 7 heteroatoms. The van der Waals surface area contributed by atoms with Crippen molar-refractivity contribution in [2.45, 2.75) is 51.0 Å². The number of aromatic hydroxyl groups is 1. The number of unbranched alkanes of at least 4 members (excludes halogenated alkanes) is 3. The van der Waals surface area contributed by atoms with Crippen molar-refractivity contribution in [1.29, 1.82) is 0 Å². The average Bonchev–Trinajstić information content (AvgIpc) is 3.12. The Balaban J connectivity index is 1.27. The summed E-state index contributed by atoms with van der Waals surface area (Å²) in [6, 6.07) is 9.48. The number of fused-ring (bicyclic) bond motifs is 1. The lowest BCUT2D eigenvalue weighted by atomic mass is 10.0. The Morgan fingerprint density at radius 3 is 2.83 bits per heavy atom. The van der Waals surface area contributed by atoms with Crippen LogP contribution in [0.1, 0.15) is 43.4 Å². The van der Waals surface area contributed by atoms with Crippen LogP contribution in [0.2, 0.25) is 0 Å². The summed E-state index contributed by atoms with van der Waals surface area (Å²) in [6.07, 6.45) is 8.75. The lowest BCUT2D eigenvalue weighted by molar-refractivity contribution is 0.132. The fraction of sp³-hybridized carbons (Fsp3) is 0.455. The van der Waals surface area contributed by atoms with Gasteiger partial charge < -0.3 is 20.6 Å². The number of hydrogen-bond acceptors (Lipinski definition) is 6. The Morgan fingerprint density at radius 2 is 2.00 bits per heavy atom. The van der Waals surface area contributed by atoms with Crippen molar-refractivity contribution in [2.75, 3.05) is 13.2 Å². The third kappa shape index (κ3) is 6.66. The largest absolute Gasteiger partial charge is 0.506 e. The average molecular weight is 416 g/mol. The molecule has 0 bridgehead atoms. The maximum absolute atomic E-state index is 11.6. The van der Waals surface area contributed by atoms with E-state index in [2.05, 4.69) is 9.97 Å². The van der Waals surface area contributed by atoms with Gasteiger partial charge in [-0.25, -0.2) is 0 Å². The van der Waals surface area contributed by atoms with Gasteiger partial charge in [-0.2, -0.15) is 0 Å². The van der Waals surface area contributed by atoms with Crippen LogP contribution in [-0.4, -0.2) is 34.3 Å². The lowest BCUT2D eigenvalue weighted by Crippen LogP contribution is -2.22. The van der Waals surface area contributed by atoms with Crippen LogP contribution in [0.25, 0.3) is 10.2 Å². The van der Waals surface area contributed by atoms with Crippen LogP contribution in [-0.2, 0) is 17.6 Å². The lowest BCUT2D eigenvalue weighted by Gasteiger charge is -2.12. The number of thiazole rings is 1. The molecule has 1 aromatic carbocycles. The van der Waals surface area contributed by atoms with Gasteiger partial charge in [-0.15, -0.1) is 0 Å². The summed E-state index contributed by atoms with van der Waals surface area (Å²) < 4.78 is 6.50. The first kappa shape index (κ1) is 21.5.